The maximum atomic E-state index is 2.38. The van der Waals surface area contributed by atoms with Gasteiger partial charge in [0.15, 0.2) is 0 Å². The quantitative estimate of drug-likeness (QED) is 0.173. The highest BCUT2D eigenvalue weighted by atomic mass is 32.1. The summed E-state index contributed by atoms with van der Waals surface area (Å²) in [5, 5.41) is 7.73. The Kier molecular flexibility index (Phi) is 7.60. The van der Waals surface area contributed by atoms with Gasteiger partial charge in [0.05, 0.1) is 0 Å². The number of aryl methyl sites for hydroxylation is 4. The second kappa shape index (κ2) is 12.5. The molecule has 0 amide bonds. The van der Waals surface area contributed by atoms with E-state index in [1.807, 2.05) is 11.3 Å². The molecule has 1 heterocycles. The van der Waals surface area contributed by atoms with Crippen molar-refractivity contribution in [3.8, 4) is 0 Å². The number of rotatable bonds is 6. The Morgan fingerprint density at radius 2 is 0.667 bits per heavy atom. The first-order chi connectivity index (χ1) is 24.9. The first-order valence-electron chi connectivity index (χ1n) is 17.6. The fourth-order valence-electron chi connectivity index (χ4n) is 7.64. The predicted octanol–water partition coefficient (Wildman–Crippen LogP) is 14.5. The molecule has 0 N–H and O–H groups in total. The van der Waals surface area contributed by atoms with Gasteiger partial charge in [0.25, 0.3) is 0 Å². The highest BCUT2D eigenvalue weighted by Gasteiger charge is 2.18. The van der Waals surface area contributed by atoms with Gasteiger partial charge in [-0.2, -0.15) is 0 Å². The van der Waals surface area contributed by atoms with Crippen molar-refractivity contribution >= 4 is 87.2 Å². The third-order valence-electron chi connectivity index (χ3n) is 9.96. The molecule has 0 saturated heterocycles. The van der Waals surface area contributed by atoms with Gasteiger partial charge < -0.3 is 9.80 Å². The minimum atomic E-state index is 1.15. The molecule has 9 aromatic rings. The molecule has 0 spiro atoms. The van der Waals surface area contributed by atoms with E-state index in [4.69, 9.17) is 0 Å². The second-order valence-electron chi connectivity index (χ2n) is 13.8. The smallest absolute Gasteiger partial charge is 0.0468 e. The van der Waals surface area contributed by atoms with Crippen LogP contribution in [-0.2, 0) is 0 Å². The Balaban J connectivity index is 1.22. The molecule has 1 aromatic heterocycles. The number of hydrogen-bond donors (Lipinski definition) is 0. The van der Waals surface area contributed by atoms with E-state index in [0.717, 1.165) is 34.1 Å². The Morgan fingerprint density at radius 3 is 1.00 bits per heavy atom. The third kappa shape index (κ3) is 5.60. The van der Waals surface area contributed by atoms with E-state index in [9.17, 15) is 0 Å². The molecule has 9 rings (SSSR count). The Morgan fingerprint density at radius 1 is 0.333 bits per heavy atom. The van der Waals surface area contributed by atoms with Crippen LogP contribution in [0.25, 0.3) is 41.7 Å². The van der Waals surface area contributed by atoms with Gasteiger partial charge >= 0.3 is 0 Å². The number of hydrogen-bond acceptors (Lipinski definition) is 3. The van der Waals surface area contributed by atoms with E-state index in [2.05, 4.69) is 195 Å². The monoisotopic (exact) mass is 674 g/mol. The average molecular weight is 675 g/mol. The minimum Gasteiger partial charge on any atom is -0.310 e. The van der Waals surface area contributed by atoms with E-state index < -0.39 is 0 Å². The van der Waals surface area contributed by atoms with Crippen LogP contribution in [0.15, 0.2) is 158 Å². The molecule has 2 nitrogen and oxygen atoms in total. The van der Waals surface area contributed by atoms with E-state index in [1.165, 1.54) is 64.0 Å². The summed E-state index contributed by atoms with van der Waals surface area (Å²) in [6.07, 6.45) is 0. The number of benzene rings is 8. The van der Waals surface area contributed by atoms with Crippen LogP contribution >= 0.6 is 11.3 Å². The normalized spacial score (nSPS) is 11.5. The molecule has 51 heavy (non-hydrogen) atoms. The maximum absolute atomic E-state index is 2.38. The molecular weight excluding hydrogens is 637 g/mol. The van der Waals surface area contributed by atoms with Crippen molar-refractivity contribution in [2.45, 2.75) is 27.7 Å². The zero-order valence-corrected chi connectivity index (χ0v) is 30.1. The van der Waals surface area contributed by atoms with E-state index >= 15 is 0 Å². The zero-order valence-electron chi connectivity index (χ0n) is 29.3. The van der Waals surface area contributed by atoms with Crippen LogP contribution < -0.4 is 9.80 Å². The maximum Gasteiger partial charge on any atom is 0.0468 e. The first-order valence-corrected chi connectivity index (χ1v) is 18.4. The van der Waals surface area contributed by atoms with Gasteiger partial charge in [-0.3, -0.25) is 0 Å². The van der Waals surface area contributed by atoms with Crippen LogP contribution in [0, 0.1) is 27.7 Å². The van der Waals surface area contributed by atoms with Crippen LogP contribution in [0.4, 0.5) is 34.1 Å². The number of anilines is 6. The van der Waals surface area contributed by atoms with E-state index in [0.29, 0.717) is 0 Å². The molecule has 246 valence electrons. The minimum absolute atomic E-state index is 1.15. The molecule has 3 heteroatoms. The van der Waals surface area contributed by atoms with Crippen molar-refractivity contribution in [2.24, 2.45) is 0 Å². The Bertz CT molecular complexity index is 2490. The van der Waals surface area contributed by atoms with Gasteiger partial charge in [-0.25, -0.2) is 0 Å². The van der Waals surface area contributed by atoms with Crippen molar-refractivity contribution in [1.82, 2.24) is 0 Å². The lowest BCUT2D eigenvalue weighted by Gasteiger charge is -2.26. The van der Waals surface area contributed by atoms with Crippen molar-refractivity contribution in [3.63, 3.8) is 0 Å². The number of nitrogens with zero attached hydrogens (tertiary/aromatic N) is 2. The van der Waals surface area contributed by atoms with Crippen LogP contribution in [0.5, 0.6) is 0 Å². The summed E-state index contributed by atoms with van der Waals surface area (Å²) in [5.41, 5.74) is 11.9. The van der Waals surface area contributed by atoms with Crippen LogP contribution in [0.3, 0.4) is 0 Å². The lowest BCUT2D eigenvalue weighted by molar-refractivity contribution is 1.26. The number of thiophene rings is 1. The second-order valence-corrected chi connectivity index (χ2v) is 14.9. The summed E-state index contributed by atoms with van der Waals surface area (Å²) in [7, 11) is 0. The van der Waals surface area contributed by atoms with Crippen molar-refractivity contribution in [3.05, 3.63) is 180 Å². The molecule has 0 unspecified atom stereocenters. The SMILES string of the molecule is Cc1cccc(N(c2cccc(C)c2)c2ccc3c(ccc4sc5ccc6cc(N(c7cccc(C)c7)c7cccc(C)c7)ccc6c5c43)c2)c1. The standard InChI is InChI=1S/C48H38N2S/c1-31-9-5-13-37(25-31)49(38-14-6-10-32(2)26-38)41-19-21-43-35(29-41)17-23-45-47(43)48-44-22-20-42(30-36(44)18-24-46(48)51-45)50(39-15-7-11-33(3)27-39)40-16-8-12-34(4)28-40/h5-30H,1-4H3. The Hall–Kier alpha value is -5.90. The molecule has 0 atom stereocenters. The topological polar surface area (TPSA) is 6.48 Å². The summed E-state index contributed by atoms with van der Waals surface area (Å²) in [6.45, 7) is 8.64. The molecule has 0 radical (unpaired) electrons. The van der Waals surface area contributed by atoms with Gasteiger partial charge in [-0.15, -0.1) is 11.3 Å². The Labute approximate surface area is 303 Å². The molecular formula is C48H38N2S. The summed E-state index contributed by atoms with van der Waals surface area (Å²) in [5.74, 6) is 0. The average Bonchev–Trinajstić information content (AvgIpc) is 3.52. The third-order valence-corrected chi connectivity index (χ3v) is 11.1. The molecule has 0 aliphatic rings. The number of fused-ring (bicyclic) bond motifs is 7. The lowest BCUT2D eigenvalue weighted by atomic mass is 9.98. The lowest BCUT2D eigenvalue weighted by Crippen LogP contribution is -2.10. The van der Waals surface area contributed by atoms with Crippen molar-refractivity contribution in [2.75, 3.05) is 9.80 Å². The van der Waals surface area contributed by atoms with Gasteiger partial charge in [-0.05, 0) is 156 Å². The van der Waals surface area contributed by atoms with Crippen LogP contribution in [0.2, 0.25) is 0 Å². The van der Waals surface area contributed by atoms with Gasteiger partial charge in [0, 0.05) is 54.3 Å². The van der Waals surface area contributed by atoms with Gasteiger partial charge in [-0.1, -0.05) is 72.8 Å². The van der Waals surface area contributed by atoms with Crippen LogP contribution in [-0.4, -0.2) is 0 Å². The molecule has 0 bridgehead atoms. The fraction of sp³-hybridized carbons (Fsp3) is 0.0833. The first kappa shape index (κ1) is 31.1. The highest BCUT2D eigenvalue weighted by molar-refractivity contribution is 7.26. The predicted molar refractivity (Wildman–Crippen MR) is 223 cm³/mol. The van der Waals surface area contributed by atoms with Gasteiger partial charge in [0.2, 0.25) is 0 Å². The van der Waals surface area contributed by atoms with E-state index in [-0.39, 0.29) is 0 Å². The van der Waals surface area contributed by atoms with Crippen molar-refractivity contribution in [1.29, 1.82) is 0 Å². The van der Waals surface area contributed by atoms with Gasteiger partial charge in [0.1, 0.15) is 0 Å². The molecule has 0 fully saturated rings. The van der Waals surface area contributed by atoms with Crippen molar-refractivity contribution < 1.29 is 0 Å². The van der Waals surface area contributed by atoms with Crippen LogP contribution in [0.1, 0.15) is 22.3 Å². The molecule has 0 saturated carbocycles. The zero-order chi connectivity index (χ0) is 34.6. The summed E-state index contributed by atoms with van der Waals surface area (Å²) in [6, 6.07) is 58.3. The molecule has 0 aliphatic carbocycles. The summed E-state index contributed by atoms with van der Waals surface area (Å²) in [4.78, 5) is 4.75. The van der Waals surface area contributed by atoms with E-state index in [1.54, 1.807) is 0 Å². The molecule has 8 aromatic carbocycles. The summed E-state index contributed by atoms with van der Waals surface area (Å²) >= 11 is 1.89. The molecule has 0 aliphatic heterocycles. The summed E-state index contributed by atoms with van der Waals surface area (Å²) < 4.78 is 2.63. The fourth-order valence-corrected chi connectivity index (χ4v) is 8.78. The largest absolute Gasteiger partial charge is 0.310 e. The highest BCUT2D eigenvalue weighted by Crippen LogP contribution is 2.45.